The Morgan fingerprint density at radius 1 is 1.31 bits per heavy atom. The summed E-state index contributed by atoms with van der Waals surface area (Å²) in [6.45, 7) is 0. The van der Waals surface area contributed by atoms with Crippen molar-refractivity contribution in [3.8, 4) is 11.7 Å². The molecule has 13 heavy (non-hydrogen) atoms. The fourth-order valence-electron chi connectivity index (χ4n) is 1.05. The lowest BCUT2D eigenvalue weighted by molar-refractivity contribution is 0.397. The van der Waals surface area contributed by atoms with Crippen LogP contribution in [0.25, 0.3) is 5.82 Å². The molecular formula is C9H9N3O. The molecule has 0 bridgehead atoms. The van der Waals surface area contributed by atoms with Gasteiger partial charge in [-0.15, -0.1) is 0 Å². The molecule has 2 rings (SSSR count). The maximum absolute atomic E-state index is 5.00. The third kappa shape index (κ3) is 1.51. The summed E-state index contributed by atoms with van der Waals surface area (Å²) in [5, 5.41) is 4.06. The van der Waals surface area contributed by atoms with E-state index in [2.05, 4.69) is 10.1 Å². The number of nitrogens with zero attached hydrogens (tertiary/aromatic N) is 3. The largest absolute Gasteiger partial charge is 0.481 e. The fraction of sp³-hybridized carbons (Fsp3) is 0.111. The second-order valence-electron chi connectivity index (χ2n) is 2.49. The lowest BCUT2D eigenvalue weighted by Gasteiger charge is -2.02. The lowest BCUT2D eigenvalue weighted by Crippen LogP contribution is -1.98. The van der Waals surface area contributed by atoms with Crippen LogP contribution in [0.2, 0.25) is 0 Å². The third-order valence-corrected chi connectivity index (χ3v) is 1.66. The van der Waals surface area contributed by atoms with Crippen molar-refractivity contribution >= 4 is 0 Å². The van der Waals surface area contributed by atoms with Gasteiger partial charge in [0.25, 0.3) is 0 Å². The van der Waals surface area contributed by atoms with Crippen molar-refractivity contribution in [3.63, 3.8) is 0 Å². The Hall–Kier alpha value is -1.84. The van der Waals surface area contributed by atoms with E-state index in [1.165, 1.54) is 0 Å². The number of hydrogen-bond donors (Lipinski definition) is 0. The number of methoxy groups -OCH3 is 1. The first-order valence-electron chi connectivity index (χ1n) is 3.91. The van der Waals surface area contributed by atoms with E-state index in [4.69, 9.17) is 4.74 Å². The standard InChI is InChI=1S/C9H9N3O/c1-13-9-5-2-4-8(11-9)12-7-3-6-10-12/h2-7H,1H3. The summed E-state index contributed by atoms with van der Waals surface area (Å²) in [4.78, 5) is 4.21. The van der Waals surface area contributed by atoms with Crippen molar-refractivity contribution in [3.05, 3.63) is 36.7 Å². The molecule has 0 aliphatic heterocycles. The van der Waals surface area contributed by atoms with Crippen molar-refractivity contribution < 1.29 is 4.74 Å². The van der Waals surface area contributed by atoms with Gasteiger partial charge in [0.1, 0.15) is 0 Å². The van der Waals surface area contributed by atoms with Gasteiger partial charge in [-0.1, -0.05) is 6.07 Å². The van der Waals surface area contributed by atoms with Crippen LogP contribution in [-0.4, -0.2) is 21.9 Å². The second kappa shape index (κ2) is 3.26. The number of aromatic nitrogens is 3. The highest BCUT2D eigenvalue weighted by Gasteiger charge is 1.98. The molecule has 0 atom stereocenters. The summed E-state index contributed by atoms with van der Waals surface area (Å²) in [7, 11) is 1.59. The second-order valence-corrected chi connectivity index (χ2v) is 2.49. The molecule has 0 saturated heterocycles. The monoisotopic (exact) mass is 175 g/mol. The van der Waals surface area contributed by atoms with Crippen molar-refractivity contribution in [2.24, 2.45) is 0 Å². The minimum absolute atomic E-state index is 0.591. The van der Waals surface area contributed by atoms with Gasteiger partial charge in [0.05, 0.1) is 7.11 Å². The molecule has 0 fully saturated rings. The number of pyridine rings is 1. The van der Waals surface area contributed by atoms with E-state index in [1.54, 1.807) is 24.1 Å². The van der Waals surface area contributed by atoms with Crippen LogP contribution >= 0.6 is 0 Å². The zero-order valence-corrected chi connectivity index (χ0v) is 7.21. The van der Waals surface area contributed by atoms with Gasteiger partial charge in [-0.3, -0.25) is 0 Å². The van der Waals surface area contributed by atoms with Crippen molar-refractivity contribution in [1.29, 1.82) is 0 Å². The fourth-order valence-corrected chi connectivity index (χ4v) is 1.05. The molecule has 4 nitrogen and oxygen atoms in total. The Morgan fingerprint density at radius 2 is 2.23 bits per heavy atom. The number of hydrogen-bond acceptors (Lipinski definition) is 3. The Kier molecular flexibility index (Phi) is 1.96. The minimum Gasteiger partial charge on any atom is -0.481 e. The Morgan fingerprint density at radius 3 is 2.92 bits per heavy atom. The van der Waals surface area contributed by atoms with Gasteiger partial charge >= 0.3 is 0 Å². The molecule has 4 heteroatoms. The van der Waals surface area contributed by atoms with Gasteiger partial charge in [0.15, 0.2) is 5.82 Å². The van der Waals surface area contributed by atoms with E-state index in [0.29, 0.717) is 5.88 Å². The van der Waals surface area contributed by atoms with Gasteiger partial charge in [0.2, 0.25) is 5.88 Å². The molecule has 0 radical (unpaired) electrons. The normalized spacial score (nSPS) is 9.92. The number of rotatable bonds is 2. The first-order valence-corrected chi connectivity index (χ1v) is 3.91. The van der Waals surface area contributed by atoms with Gasteiger partial charge < -0.3 is 4.74 Å². The van der Waals surface area contributed by atoms with Crippen molar-refractivity contribution in [2.45, 2.75) is 0 Å². The molecule has 0 aliphatic rings. The molecule has 0 N–H and O–H groups in total. The van der Waals surface area contributed by atoms with Crippen LogP contribution in [0.1, 0.15) is 0 Å². The summed E-state index contributed by atoms with van der Waals surface area (Å²) in [6.07, 6.45) is 3.54. The summed E-state index contributed by atoms with van der Waals surface area (Å²) < 4.78 is 6.68. The molecule has 0 unspecified atom stereocenters. The van der Waals surface area contributed by atoms with E-state index in [0.717, 1.165) is 5.82 Å². The van der Waals surface area contributed by atoms with E-state index in [9.17, 15) is 0 Å². The van der Waals surface area contributed by atoms with Crippen molar-refractivity contribution in [1.82, 2.24) is 14.8 Å². The Bertz CT molecular complexity index is 384. The predicted molar refractivity (Wildman–Crippen MR) is 47.9 cm³/mol. The summed E-state index contributed by atoms with van der Waals surface area (Å²) >= 11 is 0. The van der Waals surface area contributed by atoms with Crippen LogP contribution < -0.4 is 4.74 Å². The zero-order valence-electron chi connectivity index (χ0n) is 7.21. The first-order chi connectivity index (χ1) is 6.40. The molecule has 0 spiro atoms. The quantitative estimate of drug-likeness (QED) is 0.690. The SMILES string of the molecule is COc1cccc(-n2cccn2)n1. The highest BCUT2D eigenvalue weighted by atomic mass is 16.5. The average molecular weight is 175 g/mol. The van der Waals surface area contributed by atoms with Gasteiger partial charge in [-0.2, -0.15) is 10.1 Å². The highest BCUT2D eigenvalue weighted by Crippen LogP contribution is 2.09. The Labute approximate surface area is 75.8 Å². The van der Waals surface area contributed by atoms with Crippen LogP contribution in [0.15, 0.2) is 36.7 Å². The third-order valence-electron chi connectivity index (χ3n) is 1.66. The van der Waals surface area contributed by atoms with Gasteiger partial charge in [-0.05, 0) is 12.1 Å². The average Bonchev–Trinajstić information content (AvgIpc) is 2.71. The van der Waals surface area contributed by atoms with Gasteiger partial charge in [0, 0.05) is 18.5 Å². The zero-order chi connectivity index (χ0) is 9.10. The molecule has 66 valence electrons. The lowest BCUT2D eigenvalue weighted by atomic mass is 10.4. The molecule has 2 aromatic rings. The summed E-state index contributed by atoms with van der Waals surface area (Å²) in [6, 6.07) is 7.40. The molecule has 0 saturated carbocycles. The van der Waals surface area contributed by atoms with Crippen LogP contribution in [0, 0.1) is 0 Å². The summed E-state index contributed by atoms with van der Waals surface area (Å²) in [5.74, 6) is 1.34. The maximum atomic E-state index is 5.00. The molecule has 0 aromatic carbocycles. The molecule has 0 aliphatic carbocycles. The smallest absolute Gasteiger partial charge is 0.214 e. The van der Waals surface area contributed by atoms with Crippen molar-refractivity contribution in [2.75, 3.05) is 7.11 Å². The van der Waals surface area contributed by atoms with Crippen LogP contribution in [0.4, 0.5) is 0 Å². The summed E-state index contributed by atoms with van der Waals surface area (Å²) in [5.41, 5.74) is 0. The minimum atomic E-state index is 0.591. The molecule has 2 heterocycles. The van der Waals surface area contributed by atoms with Crippen LogP contribution in [-0.2, 0) is 0 Å². The van der Waals surface area contributed by atoms with Crippen LogP contribution in [0.5, 0.6) is 5.88 Å². The molecular weight excluding hydrogens is 166 g/mol. The molecule has 0 amide bonds. The van der Waals surface area contributed by atoms with E-state index in [1.807, 2.05) is 24.4 Å². The molecule has 2 aromatic heterocycles. The highest BCUT2D eigenvalue weighted by molar-refractivity contribution is 5.25. The predicted octanol–water partition coefficient (Wildman–Crippen LogP) is 1.28. The van der Waals surface area contributed by atoms with Crippen LogP contribution in [0.3, 0.4) is 0 Å². The van der Waals surface area contributed by atoms with E-state index >= 15 is 0 Å². The topological polar surface area (TPSA) is 39.9 Å². The van der Waals surface area contributed by atoms with Gasteiger partial charge in [-0.25, -0.2) is 4.68 Å². The van der Waals surface area contributed by atoms with E-state index < -0.39 is 0 Å². The Balaban J connectivity index is 2.41. The first kappa shape index (κ1) is 7.79. The van der Waals surface area contributed by atoms with E-state index in [-0.39, 0.29) is 0 Å². The number of ether oxygens (including phenoxy) is 1. The maximum Gasteiger partial charge on any atom is 0.214 e.